The zero-order valence-corrected chi connectivity index (χ0v) is 14.5. The highest BCUT2D eigenvalue weighted by molar-refractivity contribution is 7.90. The van der Waals surface area contributed by atoms with E-state index in [1.807, 2.05) is 0 Å². The Morgan fingerprint density at radius 1 is 1.04 bits per heavy atom. The van der Waals surface area contributed by atoms with E-state index in [-0.39, 0.29) is 17.3 Å². The summed E-state index contributed by atoms with van der Waals surface area (Å²) in [5.74, 6) is -0.327. The molecule has 0 aliphatic carbocycles. The highest BCUT2D eigenvalue weighted by atomic mass is 35.5. The Bertz CT molecular complexity index is 818. The van der Waals surface area contributed by atoms with E-state index in [2.05, 4.69) is 10.6 Å². The zero-order chi connectivity index (χ0) is 17.0. The van der Waals surface area contributed by atoms with Crippen molar-refractivity contribution in [2.75, 3.05) is 23.4 Å². The van der Waals surface area contributed by atoms with Gasteiger partial charge in [0, 0.05) is 27.7 Å². The maximum Gasteiger partial charge on any atom is 0.243 e. The number of sulfone groups is 1. The van der Waals surface area contributed by atoms with Crippen LogP contribution < -0.4 is 10.6 Å². The van der Waals surface area contributed by atoms with Gasteiger partial charge < -0.3 is 10.6 Å². The largest absolute Gasteiger partial charge is 0.376 e. The van der Waals surface area contributed by atoms with Gasteiger partial charge in [0.15, 0.2) is 9.84 Å². The first-order valence-corrected chi connectivity index (χ1v) is 9.19. The molecule has 2 aromatic carbocycles. The lowest BCUT2D eigenvalue weighted by Gasteiger charge is -2.09. The third-order valence-corrected chi connectivity index (χ3v) is 4.41. The lowest BCUT2D eigenvalue weighted by molar-refractivity contribution is -0.114. The molecule has 2 rings (SSSR count). The number of anilines is 2. The fourth-order valence-electron chi connectivity index (χ4n) is 1.85. The summed E-state index contributed by atoms with van der Waals surface area (Å²) >= 11 is 11.7. The quantitative estimate of drug-likeness (QED) is 0.842. The van der Waals surface area contributed by atoms with Crippen molar-refractivity contribution >= 4 is 50.3 Å². The van der Waals surface area contributed by atoms with Crippen molar-refractivity contribution < 1.29 is 13.2 Å². The predicted octanol–water partition coefficient (Wildman–Crippen LogP) is 3.45. The van der Waals surface area contributed by atoms with Crippen molar-refractivity contribution in [3.63, 3.8) is 0 Å². The fraction of sp³-hybridized carbons (Fsp3) is 0.133. The van der Waals surface area contributed by atoms with Crippen LogP contribution in [0.1, 0.15) is 0 Å². The van der Waals surface area contributed by atoms with Crippen LogP contribution in [0.5, 0.6) is 0 Å². The van der Waals surface area contributed by atoms with E-state index < -0.39 is 9.84 Å². The first kappa shape index (κ1) is 17.6. The van der Waals surface area contributed by atoms with Gasteiger partial charge in [-0.2, -0.15) is 0 Å². The van der Waals surface area contributed by atoms with Gasteiger partial charge in [0.2, 0.25) is 5.91 Å². The molecule has 0 saturated heterocycles. The highest BCUT2D eigenvalue weighted by Crippen LogP contribution is 2.22. The van der Waals surface area contributed by atoms with Crippen molar-refractivity contribution in [2.24, 2.45) is 0 Å². The third kappa shape index (κ3) is 5.42. The first-order valence-electron chi connectivity index (χ1n) is 6.54. The molecular weight excluding hydrogens is 359 g/mol. The lowest BCUT2D eigenvalue weighted by Crippen LogP contribution is -2.21. The summed E-state index contributed by atoms with van der Waals surface area (Å²) in [6.07, 6.45) is 1.11. The first-order chi connectivity index (χ1) is 10.7. The lowest BCUT2D eigenvalue weighted by atomic mass is 10.3. The molecule has 0 atom stereocenters. The summed E-state index contributed by atoms with van der Waals surface area (Å²) in [6, 6.07) is 10.9. The average Bonchev–Trinajstić information content (AvgIpc) is 2.43. The van der Waals surface area contributed by atoms with Crippen LogP contribution in [0.15, 0.2) is 47.4 Å². The predicted molar refractivity (Wildman–Crippen MR) is 93.1 cm³/mol. The van der Waals surface area contributed by atoms with Gasteiger partial charge in [0.1, 0.15) is 0 Å². The number of hydrogen-bond donors (Lipinski definition) is 2. The van der Waals surface area contributed by atoms with Crippen LogP contribution in [0.2, 0.25) is 10.0 Å². The average molecular weight is 373 g/mol. The Kier molecular flexibility index (Phi) is 5.51. The SMILES string of the molecule is CS(=O)(=O)c1cccc(NC(=O)CNc2cc(Cl)cc(Cl)c2)c1. The van der Waals surface area contributed by atoms with Gasteiger partial charge in [0.25, 0.3) is 0 Å². The molecule has 5 nitrogen and oxygen atoms in total. The van der Waals surface area contributed by atoms with E-state index in [0.717, 1.165) is 6.26 Å². The van der Waals surface area contributed by atoms with Gasteiger partial charge in [-0.3, -0.25) is 4.79 Å². The number of nitrogens with one attached hydrogen (secondary N) is 2. The van der Waals surface area contributed by atoms with E-state index in [1.165, 1.54) is 12.1 Å². The molecule has 0 fully saturated rings. The second-order valence-electron chi connectivity index (χ2n) is 4.86. The molecular formula is C15H14Cl2N2O3S. The summed E-state index contributed by atoms with van der Waals surface area (Å²) in [4.78, 5) is 12.1. The van der Waals surface area contributed by atoms with E-state index in [9.17, 15) is 13.2 Å². The van der Waals surface area contributed by atoms with Crippen LogP contribution in [0.4, 0.5) is 11.4 Å². The Morgan fingerprint density at radius 3 is 2.30 bits per heavy atom. The van der Waals surface area contributed by atoms with Crippen LogP contribution in [0, 0.1) is 0 Å². The molecule has 0 aliphatic heterocycles. The molecule has 2 N–H and O–H groups in total. The maximum atomic E-state index is 11.9. The molecule has 0 aromatic heterocycles. The van der Waals surface area contributed by atoms with Crippen LogP contribution in [0.3, 0.4) is 0 Å². The molecule has 8 heteroatoms. The van der Waals surface area contributed by atoms with Gasteiger partial charge in [0.05, 0.1) is 11.4 Å². The van der Waals surface area contributed by atoms with E-state index in [0.29, 0.717) is 21.4 Å². The smallest absolute Gasteiger partial charge is 0.243 e. The highest BCUT2D eigenvalue weighted by Gasteiger charge is 2.09. The van der Waals surface area contributed by atoms with Crippen LogP contribution in [0.25, 0.3) is 0 Å². The molecule has 0 unspecified atom stereocenters. The van der Waals surface area contributed by atoms with Gasteiger partial charge in [-0.05, 0) is 36.4 Å². The summed E-state index contributed by atoms with van der Waals surface area (Å²) in [5, 5.41) is 6.43. The fourth-order valence-corrected chi connectivity index (χ4v) is 3.04. The number of rotatable bonds is 5. The number of amides is 1. The molecule has 0 aliphatic rings. The monoisotopic (exact) mass is 372 g/mol. The van der Waals surface area contributed by atoms with E-state index in [4.69, 9.17) is 23.2 Å². The molecule has 1 amide bonds. The summed E-state index contributed by atoms with van der Waals surface area (Å²) in [7, 11) is -3.32. The standard InChI is InChI=1S/C15H14Cl2N2O3S/c1-23(21,22)14-4-2-3-12(8-14)19-15(20)9-18-13-6-10(16)5-11(17)7-13/h2-8,18H,9H2,1H3,(H,19,20). The van der Waals surface area contributed by atoms with Crippen molar-refractivity contribution in [1.29, 1.82) is 0 Å². The van der Waals surface area contributed by atoms with Crippen molar-refractivity contribution in [3.05, 3.63) is 52.5 Å². The Balaban J connectivity index is 2.00. The Morgan fingerprint density at radius 2 is 1.70 bits per heavy atom. The molecule has 0 radical (unpaired) electrons. The minimum atomic E-state index is -3.32. The summed E-state index contributed by atoms with van der Waals surface area (Å²) in [5.41, 5.74) is 1.02. The molecule has 0 heterocycles. The van der Waals surface area contributed by atoms with Crippen LogP contribution in [-0.2, 0) is 14.6 Å². The minimum Gasteiger partial charge on any atom is -0.376 e. The zero-order valence-electron chi connectivity index (χ0n) is 12.1. The summed E-state index contributed by atoms with van der Waals surface area (Å²) in [6.45, 7) is -0.0141. The van der Waals surface area contributed by atoms with E-state index in [1.54, 1.807) is 30.3 Å². The molecule has 2 aromatic rings. The number of halogens is 2. The van der Waals surface area contributed by atoms with Crippen molar-refractivity contribution in [3.8, 4) is 0 Å². The van der Waals surface area contributed by atoms with Crippen molar-refractivity contribution in [1.82, 2.24) is 0 Å². The normalized spacial score (nSPS) is 11.1. The molecule has 0 saturated carbocycles. The minimum absolute atomic E-state index is 0.0141. The maximum absolute atomic E-state index is 11.9. The Labute approximate surface area is 144 Å². The van der Waals surface area contributed by atoms with Gasteiger partial charge in [-0.15, -0.1) is 0 Å². The topological polar surface area (TPSA) is 75.3 Å². The Hall–Kier alpha value is -1.76. The molecule has 0 spiro atoms. The number of carbonyl (C=O) groups is 1. The second-order valence-corrected chi connectivity index (χ2v) is 7.75. The van der Waals surface area contributed by atoms with Crippen LogP contribution in [-0.4, -0.2) is 27.1 Å². The number of carbonyl (C=O) groups excluding carboxylic acids is 1. The summed E-state index contributed by atoms with van der Waals surface area (Å²) < 4.78 is 23.0. The van der Waals surface area contributed by atoms with Gasteiger partial charge >= 0.3 is 0 Å². The molecule has 0 bridgehead atoms. The number of hydrogen-bond acceptors (Lipinski definition) is 4. The van der Waals surface area contributed by atoms with Gasteiger partial charge in [-0.25, -0.2) is 8.42 Å². The molecule has 122 valence electrons. The van der Waals surface area contributed by atoms with Crippen LogP contribution >= 0.6 is 23.2 Å². The second kappa shape index (κ2) is 7.21. The van der Waals surface area contributed by atoms with Crippen molar-refractivity contribution in [2.45, 2.75) is 4.90 Å². The van der Waals surface area contributed by atoms with Gasteiger partial charge in [-0.1, -0.05) is 29.3 Å². The number of benzene rings is 2. The molecule has 23 heavy (non-hydrogen) atoms. The third-order valence-electron chi connectivity index (χ3n) is 2.86. The van der Waals surface area contributed by atoms with E-state index >= 15 is 0 Å².